The molecule has 2 aromatic rings. The summed E-state index contributed by atoms with van der Waals surface area (Å²) in [7, 11) is 1.97. The number of aryl methyl sites for hydroxylation is 3. The fraction of sp³-hybridized carbons (Fsp3) is 0.429. The molecule has 0 atom stereocenters. The molecule has 0 amide bonds. The number of carboxylic acids is 1. The third kappa shape index (κ3) is 5.59. The van der Waals surface area contributed by atoms with E-state index >= 15 is 0 Å². The number of benzene rings is 1. The predicted molar refractivity (Wildman–Crippen MR) is 98.7 cm³/mol. The summed E-state index contributed by atoms with van der Waals surface area (Å²) in [5, 5.41) is 9.65. The molecular formula is C21H28NO3-. The van der Waals surface area contributed by atoms with Crippen LogP contribution in [0.1, 0.15) is 66.0 Å². The molecule has 4 heteroatoms. The van der Waals surface area contributed by atoms with Crippen LogP contribution in [0.15, 0.2) is 30.3 Å². The van der Waals surface area contributed by atoms with E-state index < -0.39 is 5.97 Å². The normalized spacial score (nSPS) is 10.1. The van der Waals surface area contributed by atoms with Gasteiger partial charge in [-0.3, -0.25) is 4.79 Å². The molecule has 2 rings (SSSR count). The van der Waals surface area contributed by atoms with Crippen LogP contribution in [0, 0.1) is 13.8 Å². The average Bonchev–Trinajstić information content (AvgIpc) is 2.87. The van der Waals surface area contributed by atoms with Gasteiger partial charge in [-0.2, -0.15) is 0 Å². The van der Waals surface area contributed by atoms with Crippen molar-refractivity contribution in [1.29, 1.82) is 0 Å². The quantitative estimate of drug-likeness (QED) is 0.756. The van der Waals surface area contributed by atoms with Crippen molar-refractivity contribution < 1.29 is 14.7 Å². The van der Waals surface area contributed by atoms with Crippen molar-refractivity contribution >= 4 is 11.8 Å². The van der Waals surface area contributed by atoms with Crippen LogP contribution in [0.3, 0.4) is 0 Å². The van der Waals surface area contributed by atoms with Crippen molar-refractivity contribution in [2.45, 2.75) is 53.4 Å². The molecule has 136 valence electrons. The monoisotopic (exact) mass is 342 g/mol. The summed E-state index contributed by atoms with van der Waals surface area (Å²) in [4.78, 5) is 22.3. The van der Waals surface area contributed by atoms with Crippen molar-refractivity contribution in [3.63, 3.8) is 0 Å². The van der Waals surface area contributed by atoms with E-state index in [4.69, 9.17) is 0 Å². The number of carbonyl (C=O) groups is 2. The Bertz CT molecular complexity index is 729. The molecule has 0 bridgehead atoms. The second-order valence-electron chi connectivity index (χ2n) is 6.20. The summed E-state index contributed by atoms with van der Waals surface area (Å²) in [5.74, 6) is -0.824. The summed E-state index contributed by atoms with van der Waals surface area (Å²) < 4.78 is 2.02. The second kappa shape index (κ2) is 9.82. The Labute approximate surface area is 150 Å². The van der Waals surface area contributed by atoms with E-state index in [2.05, 4.69) is 13.0 Å². The number of carbonyl (C=O) groups excluding carboxylic acids is 2. The van der Waals surface area contributed by atoms with Gasteiger partial charge in [0.2, 0.25) is 5.78 Å². The van der Waals surface area contributed by atoms with Gasteiger partial charge in [0.25, 0.3) is 0 Å². The van der Waals surface area contributed by atoms with E-state index in [1.165, 1.54) is 5.69 Å². The van der Waals surface area contributed by atoms with Gasteiger partial charge in [0.15, 0.2) is 0 Å². The molecule has 0 aliphatic carbocycles. The molecule has 0 N–H and O–H groups in total. The maximum absolute atomic E-state index is 12.6. The lowest BCUT2D eigenvalue weighted by molar-refractivity contribution is -0.305. The van der Waals surface area contributed by atoms with Gasteiger partial charge in [0, 0.05) is 24.3 Å². The lowest BCUT2D eigenvalue weighted by Gasteiger charge is -2.08. The first kappa shape index (κ1) is 20.7. The van der Waals surface area contributed by atoms with E-state index in [1.54, 1.807) is 0 Å². The van der Waals surface area contributed by atoms with Gasteiger partial charge < -0.3 is 14.5 Å². The molecule has 0 radical (unpaired) electrons. The predicted octanol–water partition coefficient (Wildman–Crippen LogP) is 3.36. The molecule has 0 unspecified atom stereocenters. The zero-order valence-corrected chi connectivity index (χ0v) is 15.9. The lowest BCUT2D eigenvalue weighted by atomic mass is 10.0. The number of carboxylic acid groups (broad SMARTS) is 1. The summed E-state index contributed by atoms with van der Waals surface area (Å²) in [6, 6.07) is 9.86. The topological polar surface area (TPSA) is 62.1 Å². The molecule has 4 nitrogen and oxygen atoms in total. The highest BCUT2D eigenvalue weighted by atomic mass is 16.4. The van der Waals surface area contributed by atoms with Crippen LogP contribution in [-0.4, -0.2) is 16.3 Å². The molecule has 1 heterocycles. The number of hydrogen-bond acceptors (Lipinski definition) is 3. The Hall–Kier alpha value is -2.36. The van der Waals surface area contributed by atoms with Gasteiger partial charge in [-0.15, -0.1) is 0 Å². The Morgan fingerprint density at radius 1 is 1.08 bits per heavy atom. The molecule has 0 spiro atoms. The van der Waals surface area contributed by atoms with Crippen molar-refractivity contribution in [3.8, 4) is 0 Å². The standard InChI is InChI=1S/C16H19NO.C5H10O2/c1-5-13-10-12(3)15(17(13)4)16(18)14-9-7-6-8-11(14)2;1-2-3-4-5(6)7/h6-10H,5H2,1-4H3;2-4H2,1H3,(H,6,7)/p-1. The Balaban J connectivity index is 0.000000381. The highest BCUT2D eigenvalue weighted by molar-refractivity contribution is 6.09. The SMILES string of the molecule is CCCCC(=O)[O-].CCc1cc(C)c(C(=O)c2ccccc2C)n1C. The van der Waals surface area contributed by atoms with Crippen molar-refractivity contribution in [2.75, 3.05) is 0 Å². The van der Waals surface area contributed by atoms with E-state index in [0.29, 0.717) is 0 Å². The van der Waals surface area contributed by atoms with E-state index in [1.807, 2.05) is 56.7 Å². The molecule has 1 aromatic heterocycles. The van der Waals surface area contributed by atoms with Gasteiger partial charge in [-0.25, -0.2) is 0 Å². The molecule has 0 saturated heterocycles. The first-order chi connectivity index (χ1) is 11.8. The van der Waals surface area contributed by atoms with Gasteiger partial charge >= 0.3 is 0 Å². The minimum absolute atomic E-state index is 0.118. The Morgan fingerprint density at radius 3 is 2.16 bits per heavy atom. The summed E-state index contributed by atoms with van der Waals surface area (Å²) in [6.07, 6.45) is 2.81. The molecule has 0 fully saturated rings. The number of hydrogen-bond donors (Lipinski definition) is 0. The molecule has 0 saturated carbocycles. The minimum Gasteiger partial charge on any atom is -0.550 e. The van der Waals surface area contributed by atoms with Gasteiger partial charge in [-0.1, -0.05) is 44.5 Å². The molecule has 1 aromatic carbocycles. The number of aromatic nitrogens is 1. The maximum Gasteiger partial charge on any atom is 0.209 e. The van der Waals surface area contributed by atoms with E-state index in [0.717, 1.165) is 41.6 Å². The number of rotatable bonds is 6. The molecule has 0 aliphatic heterocycles. The largest absolute Gasteiger partial charge is 0.550 e. The van der Waals surface area contributed by atoms with Gasteiger partial charge in [0.05, 0.1) is 5.69 Å². The van der Waals surface area contributed by atoms with Crippen molar-refractivity contribution in [3.05, 3.63) is 58.4 Å². The van der Waals surface area contributed by atoms with Crippen molar-refractivity contribution in [1.82, 2.24) is 4.57 Å². The summed E-state index contributed by atoms with van der Waals surface area (Å²) >= 11 is 0. The number of nitrogens with zero attached hydrogens (tertiary/aromatic N) is 1. The molecule has 25 heavy (non-hydrogen) atoms. The Morgan fingerprint density at radius 2 is 1.72 bits per heavy atom. The Kier molecular flexibility index (Phi) is 8.12. The zero-order valence-electron chi connectivity index (χ0n) is 15.9. The third-order valence-electron chi connectivity index (χ3n) is 4.22. The zero-order chi connectivity index (χ0) is 19.0. The van der Waals surface area contributed by atoms with Crippen LogP contribution in [0.25, 0.3) is 0 Å². The fourth-order valence-electron chi connectivity index (χ4n) is 2.77. The lowest BCUT2D eigenvalue weighted by Crippen LogP contribution is -2.21. The van der Waals surface area contributed by atoms with E-state index in [9.17, 15) is 14.7 Å². The summed E-state index contributed by atoms with van der Waals surface area (Å²) in [5.41, 5.74) is 4.89. The van der Waals surface area contributed by atoms with Crippen molar-refractivity contribution in [2.24, 2.45) is 7.05 Å². The third-order valence-corrected chi connectivity index (χ3v) is 4.22. The summed E-state index contributed by atoms with van der Waals surface area (Å²) in [6.45, 7) is 8.04. The highest BCUT2D eigenvalue weighted by Gasteiger charge is 2.18. The number of ketones is 1. The highest BCUT2D eigenvalue weighted by Crippen LogP contribution is 2.20. The van der Waals surface area contributed by atoms with Crippen LogP contribution in [0.2, 0.25) is 0 Å². The maximum atomic E-state index is 12.6. The van der Waals surface area contributed by atoms with Crippen LogP contribution in [-0.2, 0) is 18.3 Å². The number of unbranched alkanes of at least 4 members (excludes halogenated alkanes) is 1. The van der Waals surface area contributed by atoms with Crippen LogP contribution in [0.5, 0.6) is 0 Å². The molecule has 0 aliphatic rings. The first-order valence-corrected chi connectivity index (χ1v) is 8.78. The van der Waals surface area contributed by atoms with Gasteiger partial charge in [0.1, 0.15) is 0 Å². The van der Waals surface area contributed by atoms with E-state index in [-0.39, 0.29) is 12.2 Å². The first-order valence-electron chi connectivity index (χ1n) is 8.78. The van der Waals surface area contributed by atoms with Crippen LogP contribution >= 0.6 is 0 Å². The average molecular weight is 342 g/mol. The van der Waals surface area contributed by atoms with Gasteiger partial charge in [-0.05, 0) is 50.3 Å². The fourth-order valence-corrected chi connectivity index (χ4v) is 2.77. The van der Waals surface area contributed by atoms with Crippen LogP contribution in [0.4, 0.5) is 0 Å². The van der Waals surface area contributed by atoms with Crippen LogP contribution < -0.4 is 5.11 Å². The minimum atomic E-state index is -0.943. The molecular weight excluding hydrogens is 314 g/mol. The smallest absolute Gasteiger partial charge is 0.209 e. The second-order valence-corrected chi connectivity index (χ2v) is 6.20. The number of aliphatic carboxylic acids is 1.